The summed E-state index contributed by atoms with van der Waals surface area (Å²) in [5, 5.41) is 15.3. The summed E-state index contributed by atoms with van der Waals surface area (Å²) in [6.07, 6.45) is 0.221. The summed E-state index contributed by atoms with van der Waals surface area (Å²) >= 11 is 0. The van der Waals surface area contributed by atoms with Crippen LogP contribution in [0, 0.1) is 5.21 Å². The van der Waals surface area contributed by atoms with Crippen molar-refractivity contribution in [1.82, 2.24) is 9.88 Å². The van der Waals surface area contributed by atoms with Crippen LogP contribution in [-0.4, -0.2) is 52.8 Å². The van der Waals surface area contributed by atoms with Crippen molar-refractivity contribution >= 4 is 22.7 Å². The van der Waals surface area contributed by atoms with Crippen LogP contribution in [-0.2, 0) is 16.0 Å². The Morgan fingerprint density at radius 1 is 1.13 bits per heavy atom. The molecule has 30 heavy (non-hydrogen) atoms. The quantitative estimate of drug-likeness (QED) is 0.495. The monoisotopic (exact) mass is 405 g/mol. The van der Waals surface area contributed by atoms with E-state index in [1.54, 1.807) is 25.2 Å². The van der Waals surface area contributed by atoms with Crippen LogP contribution < -0.4 is 9.47 Å². The first-order valence-electron chi connectivity index (χ1n) is 9.85. The molecule has 3 aliphatic rings. The van der Waals surface area contributed by atoms with Crippen molar-refractivity contribution in [2.45, 2.75) is 18.5 Å². The molecule has 0 spiro atoms. The van der Waals surface area contributed by atoms with Crippen molar-refractivity contribution in [3.05, 3.63) is 64.5 Å². The SMILES string of the molecule is CN1CC(=O)[N+]2([O-])C(Cc3c([nH]c4ccccc34)C2c2ccc3c(c2)OCO3)C1=O. The molecule has 3 atom stereocenters. The third kappa shape index (κ3) is 2.12. The van der Waals surface area contributed by atoms with Crippen LogP contribution in [0.5, 0.6) is 11.5 Å². The van der Waals surface area contributed by atoms with Gasteiger partial charge < -0.3 is 24.6 Å². The van der Waals surface area contributed by atoms with E-state index in [4.69, 9.17) is 9.47 Å². The zero-order valence-corrected chi connectivity index (χ0v) is 16.3. The van der Waals surface area contributed by atoms with E-state index in [1.165, 1.54) is 4.90 Å². The number of H-pyrrole nitrogens is 1. The van der Waals surface area contributed by atoms with Gasteiger partial charge in [0.1, 0.15) is 6.54 Å². The molecular formula is C22H19N3O5. The van der Waals surface area contributed by atoms with Crippen molar-refractivity contribution in [3.8, 4) is 11.5 Å². The predicted octanol–water partition coefficient (Wildman–Crippen LogP) is 2.22. The van der Waals surface area contributed by atoms with Gasteiger partial charge in [0.05, 0.1) is 5.69 Å². The minimum atomic E-state index is -1.22. The highest BCUT2D eigenvalue weighted by atomic mass is 16.7. The minimum absolute atomic E-state index is 0.114. The van der Waals surface area contributed by atoms with E-state index >= 15 is 0 Å². The molecule has 4 heterocycles. The van der Waals surface area contributed by atoms with E-state index in [-0.39, 0.29) is 25.7 Å². The fourth-order valence-corrected chi connectivity index (χ4v) is 5.06. The molecule has 3 aliphatic heterocycles. The first-order chi connectivity index (χ1) is 14.5. The van der Waals surface area contributed by atoms with Crippen LogP contribution >= 0.6 is 0 Å². The summed E-state index contributed by atoms with van der Waals surface area (Å²) < 4.78 is 9.69. The number of aromatic nitrogens is 1. The topological polar surface area (TPSA) is 94.7 Å². The summed E-state index contributed by atoms with van der Waals surface area (Å²) in [6, 6.07) is 11.1. The number of likely N-dealkylation sites (N-methyl/N-ethyl adjacent to an activating group) is 1. The van der Waals surface area contributed by atoms with Gasteiger partial charge in [0, 0.05) is 29.9 Å². The van der Waals surface area contributed by atoms with E-state index < -0.39 is 22.6 Å². The highest BCUT2D eigenvalue weighted by Gasteiger charge is 2.57. The average Bonchev–Trinajstić information content (AvgIpc) is 3.35. The molecule has 0 saturated carbocycles. The molecule has 1 fully saturated rings. The van der Waals surface area contributed by atoms with Gasteiger partial charge >= 0.3 is 5.91 Å². The number of hydroxylamine groups is 3. The van der Waals surface area contributed by atoms with Gasteiger partial charge in [-0.1, -0.05) is 18.2 Å². The van der Waals surface area contributed by atoms with Crippen LogP contribution in [0.2, 0.25) is 0 Å². The number of carbonyl (C=O) groups excluding carboxylic acids is 2. The Hall–Kier alpha value is -3.36. The maximum absolute atomic E-state index is 14.3. The molecule has 152 valence electrons. The Labute approximate surface area is 171 Å². The molecule has 2 amide bonds. The number of aromatic amines is 1. The number of quaternary nitrogens is 1. The largest absolute Gasteiger partial charge is 0.624 e. The smallest absolute Gasteiger partial charge is 0.334 e. The number of piperazine rings is 1. The van der Waals surface area contributed by atoms with E-state index in [1.807, 2.05) is 24.3 Å². The molecule has 0 aliphatic carbocycles. The van der Waals surface area contributed by atoms with Gasteiger partial charge in [0.2, 0.25) is 6.79 Å². The zero-order valence-electron chi connectivity index (χ0n) is 16.3. The first kappa shape index (κ1) is 17.5. The van der Waals surface area contributed by atoms with E-state index in [0.29, 0.717) is 22.8 Å². The standard InChI is InChI=1S/C22H19N3O5/c1-24-10-19(26)25(28)16(22(24)27)9-14-13-4-2-3-5-15(13)23-20(14)21(25)12-6-7-17-18(8-12)30-11-29-17/h2-8,16,21,23H,9-11H2,1H3. The lowest BCUT2D eigenvalue weighted by Crippen LogP contribution is -2.70. The second-order valence-electron chi connectivity index (χ2n) is 8.10. The van der Waals surface area contributed by atoms with Gasteiger partial charge in [0.25, 0.3) is 5.91 Å². The van der Waals surface area contributed by atoms with Gasteiger partial charge in [-0.15, -0.1) is 0 Å². The van der Waals surface area contributed by atoms with Gasteiger partial charge in [0.15, 0.2) is 23.6 Å². The highest BCUT2D eigenvalue weighted by molar-refractivity contribution is 5.93. The lowest BCUT2D eigenvalue weighted by Gasteiger charge is -2.55. The first-order valence-corrected chi connectivity index (χ1v) is 9.85. The fraction of sp³-hybridized carbons (Fsp3) is 0.273. The number of nitrogens with zero attached hydrogens (tertiary/aromatic N) is 2. The van der Waals surface area contributed by atoms with Crippen molar-refractivity contribution < 1.29 is 23.7 Å². The molecule has 2 aromatic carbocycles. The molecule has 1 saturated heterocycles. The number of hydrogen-bond acceptors (Lipinski definition) is 5. The molecular weight excluding hydrogens is 386 g/mol. The predicted molar refractivity (Wildman–Crippen MR) is 106 cm³/mol. The number of rotatable bonds is 1. The fourth-order valence-electron chi connectivity index (χ4n) is 5.06. The number of amides is 2. The Morgan fingerprint density at radius 3 is 2.80 bits per heavy atom. The average molecular weight is 405 g/mol. The van der Waals surface area contributed by atoms with Gasteiger partial charge in [-0.25, -0.2) is 4.79 Å². The van der Waals surface area contributed by atoms with Crippen molar-refractivity contribution in [1.29, 1.82) is 0 Å². The van der Waals surface area contributed by atoms with Gasteiger partial charge in [-0.2, -0.15) is 0 Å². The second-order valence-corrected chi connectivity index (χ2v) is 8.10. The Balaban J connectivity index is 1.64. The van der Waals surface area contributed by atoms with Crippen molar-refractivity contribution in [2.75, 3.05) is 20.4 Å². The molecule has 0 radical (unpaired) electrons. The lowest BCUT2D eigenvalue weighted by molar-refractivity contribution is -0.853. The molecule has 1 N–H and O–H groups in total. The number of ether oxygens (including phenoxy) is 2. The second kappa shape index (κ2) is 5.84. The maximum atomic E-state index is 14.3. The van der Waals surface area contributed by atoms with Crippen molar-refractivity contribution in [3.63, 3.8) is 0 Å². The summed E-state index contributed by atoms with van der Waals surface area (Å²) in [5.74, 6) is 0.313. The molecule has 3 unspecified atom stereocenters. The zero-order chi connectivity index (χ0) is 20.6. The van der Waals surface area contributed by atoms with Crippen LogP contribution in [0.15, 0.2) is 42.5 Å². The number of carbonyl (C=O) groups is 2. The summed E-state index contributed by atoms with van der Waals surface area (Å²) in [5.41, 5.74) is 3.11. The summed E-state index contributed by atoms with van der Waals surface area (Å²) in [7, 11) is 1.57. The molecule has 8 nitrogen and oxygen atoms in total. The molecule has 8 heteroatoms. The Bertz CT molecular complexity index is 1230. The number of fused-ring (bicyclic) bond motifs is 5. The number of nitrogens with one attached hydrogen (secondary N) is 1. The van der Waals surface area contributed by atoms with E-state index in [9.17, 15) is 14.8 Å². The van der Waals surface area contributed by atoms with Crippen LogP contribution in [0.25, 0.3) is 10.9 Å². The number of hydrogen-bond donors (Lipinski definition) is 1. The lowest BCUT2D eigenvalue weighted by atomic mass is 9.85. The number of benzene rings is 2. The Morgan fingerprint density at radius 2 is 1.93 bits per heavy atom. The highest BCUT2D eigenvalue weighted by Crippen LogP contribution is 2.48. The van der Waals surface area contributed by atoms with Crippen molar-refractivity contribution in [2.24, 2.45) is 0 Å². The van der Waals surface area contributed by atoms with Crippen LogP contribution in [0.3, 0.4) is 0 Å². The maximum Gasteiger partial charge on any atom is 0.334 e. The molecule has 6 rings (SSSR count). The number of para-hydroxylation sites is 1. The van der Waals surface area contributed by atoms with Gasteiger partial charge in [-0.3, -0.25) is 9.44 Å². The molecule has 0 bridgehead atoms. The van der Waals surface area contributed by atoms with Crippen LogP contribution in [0.1, 0.15) is 22.9 Å². The summed E-state index contributed by atoms with van der Waals surface area (Å²) in [6.45, 7) is -0.0846. The Kier molecular flexibility index (Phi) is 3.40. The molecule has 1 aromatic heterocycles. The van der Waals surface area contributed by atoms with Gasteiger partial charge in [-0.05, 0) is 29.8 Å². The van der Waals surface area contributed by atoms with Crippen LogP contribution in [0.4, 0.5) is 0 Å². The molecule has 3 aromatic rings. The summed E-state index contributed by atoms with van der Waals surface area (Å²) in [4.78, 5) is 30.9. The minimum Gasteiger partial charge on any atom is -0.624 e. The van der Waals surface area contributed by atoms with E-state index in [0.717, 1.165) is 16.5 Å². The third-order valence-electron chi connectivity index (χ3n) is 6.50. The normalized spacial score (nSPS) is 27.3. The third-order valence-corrected chi connectivity index (χ3v) is 6.50. The van der Waals surface area contributed by atoms with E-state index in [2.05, 4.69) is 4.98 Å².